The van der Waals surface area contributed by atoms with Crippen molar-refractivity contribution < 1.29 is 67.9 Å². The molecule has 6 rings (SSSR count). The topological polar surface area (TPSA) is 189 Å². The van der Waals surface area contributed by atoms with Gasteiger partial charge < -0.3 is 67.9 Å². The Labute approximate surface area is 412 Å². The average molecular weight is 1010 g/mol. The zero-order valence-electron chi connectivity index (χ0n) is 40.1. The van der Waals surface area contributed by atoms with Crippen LogP contribution in [0.15, 0.2) is 109 Å². The van der Waals surface area contributed by atoms with Crippen LogP contribution in [0.5, 0.6) is 46.0 Å². The lowest BCUT2D eigenvalue weighted by molar-refractivity contribution is -0.109. The number of rotatable bonds is 21. The molecule has 0 aliphatic carbocycles. The molecular formula is C54H61BrO14. The second kappa shape index (κ2) is 28.0. The quantitative estimate of drug-likeness (QED) is 0.0397. The van der Waals surface area contributed by atoms with Crippen LogP contribution < -0.4 is 37.9 Å². The van der Waals surface area contributed by atoms with Gasteiger partial charge in [0.2, 0.25) is 0 Å². The van der Waals surface area contributed by atoms with E-state index in [4.69, 9.17) is 43.0 Å². The SMILES string of the molecule is COc1cc(C(Br)c2ccc(OC)c(OC)c2)ccc1CO.COc1cc(C(C=O)C(c2ccc(CO)c(OC)c2)c2ccc(OC)c(OC)c2)ccc1CO.COc1cc(CC=O)ccc1CO. The van der Waals surface area contributed by atoms with Crippen LogP contribution in [0.3, 0.4) is 0 Å². The van der Waals surface area contributed by atoms with Gasteiger partial charge in [0.1, 0.15) is 35.6 Å². The van der Waals surface area contributed by atoms with Crippen molar-refractivity contribution in [1.82, 2.24) is 0 Å². The molecule has 0 saturated heterocycles. The number of aliphatic hydroxyl groups excluding tert-OH is 4. The highest BCUT2D eigenvalue weighted by molar-refractivity contribution is 9.09. The van der Waals surface area contributed by atoms with Crippen LogP contribution in [0.1, 0.15) is 72.3 Å². The number of alkyl halides is 1. The number of aliphatic hydroxyl groups is 4. The molecule has 0 aromatic heterocycles. The van der Waals surface area contributed by atoms with Crippen LogP contribution in [0, 0.1) is 0 Å². The molecule has 0 amide bonds. The van der Waals surface area contributed by atoms with E-state index in [1.807, 2.05) is 72.8 Å². The van der Waals surface area contributed by atoms with Crippen LogP contribution >= 0.6 is 15.9 Å². The summed E-state index contributed by atoms with van der Waals surface area (Å²) >= 11 is 3.70. The maximum absolute atomic E-state index is 12.6. The zero-order valence-corrected chi connectivity index (χ0v) is 41.6. The summed E-state index contributed by atoms with van der Waals surface area (Å²) < 4.78 is 42.8. The van der Waals surface area contributed by atoms with E-state index < -0.39 is 11.8 Å². The summed E-state index contributed by atoms with van der Waals surface area (Å²) in [5.74, 6) is 3.83. The van der Waals surface area contributed by atoms with Gasteiger partial charge in [0.05, 0.1) is 94.1 Å². The third-order valence-electron chi connectivity index (χ3n) is 11.3. The van der Waals surface area contributed by atoms with Gasteiger partial charge in [-0.1, -0.05) is 76.6 Å². The number of aldehydes is 2. The third kappa shape index (κ3) is 14.0. The number of halogens is 1. The molecule has 6 aromatic carbocycles. The maximum Gasteiger partial charge on any atom is 0.161 e. The Morgan fingerprint density at radius 2 is 0.725 bits per heavy atom. The fourth-order valence-electron chi connectivity index (χ4n) is 7.58. The van der Waals surface area contributed by atoms with Gasteiger partial charge in [0.15, 0.2) is 23.0 Å². The van der Waals surface area contributed by atoms with E-state index in [-0.39, 0.29) is 31.3 Å². The van der Waals surface area contributed by atoms with Crippen LogP contribution in [0.25, 0.3) is 0 Å². The van der Waals surface area contributed by atoms with Crippen molar-refractivity contribution in [2.45, 2.75) is 49.5 Å². The Morgan fingerprint density at radius 1 is 0.406 bits per heavy atom. The highest BCUT2D eigenvalue weighted by Crippen LogP contribution is 2.43. The molecule has 3 atom stereocenters. The summed E-state index contributed by atoms with van der Waals surface area (Å²) in [4.78, 5) is 22.8. The molecule has 0 fully saturated rings. The predicted molar refractivity (Wildman–Crippen MR) is 266 cm³/mol. The molecule has 6 aromatic rings. The van der Waals surface area contributed by atoms with E-state index >= 15 is 0 Å². The lowest BCUT2D eigenvalue weighted by Crippen LogP contribution is -2.15. The van der Waals surface area contributed by atoms with Crippen molar-refractivity contribution in [3.05, 3.63) is 165 Å². The van der Waals surface area contributed by atoms with Crippen molar-refractivity contribution in [1.29, 1.82) is 0 Å². The number of hydrogen-bond donors (Lipinski definition) is 4. The lowest BCUT2D eigenvalue weighted by atomic mass is 9.77. The van der Waals surface area contributed by atoms with E-state index in [2.05, 4.69) is 15.9 Å². The predicted octanol–water partition coefficient (Wildman–Crippen LogP) is 8.44. The van der Waals surface area contributed by atoms with Crippen LogP contribution in [0.2, 0.25) is 0 Å². The molecule has 0 saturated carbocycles. The number of carbonyl (C=O) groups excluding carboxylic acids is 2. The Balaban J connectivity index is 0.000000252. The molecule has 14 nitrogen and oxygen atoms in total. The first-order valence-corrected chi connectivity index (χ1v) is 22.5. The summed E-state index contributed by atoms with van der Waals surface area (Å²) in [5, 5.41) is 37.5. The number of benzene rings is 6. The molecule has 15 heteroatoms. The monoisotopic (exact) mass is 1010 g/mol. The molecule has 0 radical (unpaired) electrons. The van der Waals surface area contributed by atoms with Gasteiger partial charge in [-0.25, -0.2) is 0 Å². The molecule has 0 heterocycles. The molecule has 69 heavy (non-hydrogen) atoms. The van der Waals surface area contributed by atoms with E-state index in [0.29, 0.717) is 63.5 Å². The summed E-state index contributed by atoms with van der Waals surface area (Å²) in [7, 11) is 12.6. The van der Waals surface area contributed by atoms with Crippen molar-refractivity contribution in [2.75, 3.05) is 56.9 Å². The second-order valence-corrected chi connectivity index (χ2v) is 16.0. The van der Waals surface area contributed by atoms with Crippen LogP contribution in [0.4, 0.5) is 0 Å². The minimum Gasteiger partial charge on any atom is -0.496 e. The van der Waals surface area contributed by atoms with Crippen molar-refractivity contribution in [2.24, 2.45) is 0 Å². The molecule has 368 valence electrons. The van der Waals surface area contributed by atoms with Gasteiger partial charge >= 0.3 is 0 Å². The molecular weight excluding hydrogens is 952 g/mol. The summed E-state index contributed by atoms with van der Waals surface area (Å²) in [5.41, 5.74) is 8.12. The third-order valence-corrected chi connectivity index (χ3v) is 12.4. The molecule has 0 bridgehead atoms. The van der Waals surface area contributed by atoms with Crippen molar-refractivity contribution in [3.8, 4) is 46.0 Å². The minimum atomic E-state index is -0.593. The fraction of sp³-hybridized carbons (Fsp3) is 0.296. The number of hydrogen-bond acceptors (Lipinski definition) is 14. The Bertz CT molecular complexity index is 2470. The van der Waals surface area contributed by atoms with Crippen molar-refractivity contribution >= 4 is 28.5 Å². The van der Waals surface area contributed by atoms with E-state index in [9.17, 15) is 24.9 Å². The van der Waals surface area contributed by atoms with Crippen molar-refractivity contribution in [3.63, 3.8) is 0 Å². The molecule has 0 aliphatic heterocycles. The Kier molecular flexibility index (Phi) is 22.3. The Hall–Kier alpha value is -6.62. The molecule has 3 unspecified atom stereocenters. The molecule has 4 N–H and O–H groups in total. The first-order chi connectivity index (χ1) is 33.5. The normalized spacial score (nSPS) is 11.8. The number of carbonyl (C=O) groups is 2. The second-order valence-electron chi connectivity index (χ2n) is 15.1. The zero-order chi connectivity index (χ0) is 50.5. The first kappa shape index (κ1) is 55.0. The van der Waals surface area contributed by atoms with E-state index in [0.717, 1.165) is 57.1 Å². The molecule has 0 spiro atoms. The average Bonchev–Trinajstić information content (AvgIpc) is 3.41. The minimum absolute atomic E-state index is 0.0195. The fourth-order valence-corrected chi connectivity index (χ4v) is 8.15. The summed E-state index contributed by atoms with van der Waals surface area (Å²) in [6, 6.07) is 33.3. The van der Waals surface area contributed by atoms with Gasteiger partial charge in [-0.3, -0.25) is 0 Å². The number of ether oxygens (including phenoxy) is 8. The van der Waals surface area contributed by atoms with Crippen LogP contribution in [-0.4, -0.2) is 89.9 Å². The number of methoxy groups -OCH3 is 8. The van der Waals surface area contributed by atoms with Gasteiger partial charge in [0.25, 0.3) is 0 Å². The van der Waals surface area contributed by atoms with Gasteiger partial charge in [-0.2, -0.15) is 0 Å². The van der Waals surface area contributed by atoms with Gasteiger partial charge in [-0.15, -0.1) is 0 Å². The first-order valence-electron chi connectivity index (χ1n) is 21.6. The Morgan fingerprint density at radius 3 is 1.13 bits per heavy atom. The van der Waals surface area contributed by atoms with E-state index in [1.54, 1.807) is 86.2 Å². The molecule has 0 aliphatic rings. The highest BCUT2D eigenvalue weighted by atomic mass is 79.9. The van der Waals surface area contributed by atoms with Crippen LogP contribution in [-0.2, 0) is 42.4 Å². The highest BCUT2D eigenvalue weighted by Gasteiger charge is 2.29. The summed E-state index contributed by atoms with van der Waals surface area (Å²) in [6.07, 6.45) is 2.12. The lowest BCUT2D eigenvalue weighted by Gasteiger charge is -2.26. The van der Waals surface area contributed by atoms with E-state index in [1.165, 1.54) is 7.11 Å². The van der Waals surface area contributed by atoms with Gasteiger partial charge in [0, 0.05) is 34.6 Å². The van der Waals surface area contributed by atoms with Gasteiger partial charge in [-0.05, 0) is 81.9 Å². The maximum atomic E-state index is 12.6. The smallest absolute Gasteiger partial charge is 0.161 e. The summed E-state index contributed by atoms with van der Waals surface area (Å²) in [6.45, 7) is -0.438. The largest absolute Gasteiger partial charge is 0.496 e. The standard InChI is InChI=1S/C27H30O7.C17H19BrO4.C10H12O3/c1-31-23-10-9-19(13-26(23)34-4)27(18-6-8-21(15-29)25(12-18)33-3)22(16-30)17-5-7-20(14-28)24(11-17)32-2;1-20-14-7-6-12(9-16(14)22-3)17(18)11-4-5-13(10-19)15(8-11)21-2;1-13-10-6-8(4-5-11)2-3-9(10)7-12/h5-13,16,22,27-29H,14-15H2,1-4H3;4-9,17,19H,10H2,1-3H3;2-3,5-6,12H,4,7H2,1H3.